The third-order valence-electron chi connectivity index (χ3n) is 3.23. The average molecular weight is 220 g/mol. The normalized spacial score (nSPS) is 19.3. The second-order valence-electron chi connectivity index (χ2n) is 4.47. The van der Waals surface area contributed by atoms with Gasteiger partial charge in [-0.05, 0) is 37.1 Å². The van der Waals surface area contributed by atoms with Crippen LogP contribution in [0.4, 0.5) is 0 Å². The monoisotopic (exact) mass is 220 g/mol. The van der Waals surface area contributed by atoms with Crippen molar-refractivity contribution in [3.8, 4) is 5.75 Å². The van der Waals surface area contributed by atoms with Gasteiger partial charge in [0.15, 0.2) is 5.78 Å². The summed E-state index contributed by atoms with van der Waals surface area (Å²) in [6.07, 6.45) is 3.99. The summed E-state index contributed by atoms with van der Waals surface area (Å²) in [6, 6.07) is 6.06. The number of hydrogen-bond acceptors (Lipinski definition) is 3. The molecule has 1 aliphatic rings. The Hall–Kier alpha value is -1.35. The molecule has 0 amide bonds. The van der Waals surface area contributed by atoms with E-state index in [0.717, 1.165) is 19.3 Å². The number of Topliss-reactive ketones (excluding diaryl/α,β-unsaturated/α-hetero) is 1. The summed E-state index contributed by atoms with van der Waals surface area (Å²) in [4.78, 5) is 12.1. The van der Waals surface area contributed by atoms with Gasteiger partial charge < -0.3 is 10.2 Å². The first-order chi connectivity index (χ1) is 7.62. The van der Waals surface area contributed by atoms with Crippen LogP contribution in [0, 0.1) is 0 Å². The lowest BCUT2D eigenvalue weighted by atomic mass is 9.79. The molecule has 0 saturated heterocycles. The van der Waals surface area contributed by atoms with Gasteiger partial charge in [-0.25, -0.2) is 0 Å². The standard InChI is InChI=1S/C13H16O3/c14-11-6-4-10(5-7-11)12(15)13(16)8-2-1-3-9-13/h4-7,14,16H,1-3,8-9H2. The molecule has 1 aromatic carbocycles. The molecule has 2 N–H and O–H groups in total. The van der Waals surface area contributed by atoms with Crippen molar-refractivity contribution >= 4 is 5.78 Å². The van der Waals surface area contributed by atoms with Crippen molar-refractivity contribution in [2.24, 2.45) is 0 Å². The van der Waals surface area contributed by atoms with Crippen LogP contribution in [-0.4, -0.2) is 21.6 Å². The van der Waals surface area contributed by atoms with Gasteiger partial charge in [0, 0.05) is 5.56 Å². The van der Waals surface area contributed by atoms with E-state index in [4.69, 9.17) is 5.11 Å². The number of hydrogen-bond donors (Lipinski definition) is 2. The molecule has 1 aromatic rings. The molecule has 1 fully saturated rings. The summed E-state index contributed by atoms with van der Waals surface area (Å²) in [7, 11) is 0. The molecule has 1 saturated carbocycles. The Morgan fingerprint density at radius 3 is 2.19 bits per heavy atom. The number of aliphatic hydroxyl groups is 1. The van der Waals surface area contributed by atoms with E-state index in [-0.39, 0.29) is 11.5 Å². The SMILES string of the molecule is O=C(c1ccc(O)cc1)C1(O)CCCCC1. The minimum absolute atomic E-state index is 0.132. The van der Waals surface area contributed by atoms with E-state index in [2.05, 4.69) is 0 Å². The van der Waals surface area contributed by atoms with E-state index in [1.54, 1.807) is 12.1 Å². The molecule has 0 atom stereocenters. The third-order valence-corrected chi connectivity index (χ3v) is 3.23. The van der Waals surface area contributed by atoms with E-state index in [1.165, 1.54) is 12.1 Å². The van der Waals surface area contributed by atoms with Crippen LogP contribution in [0.2, 0.25) is 0 Å². The van der Waals surface area contributed by atoms with Crippen LogP contribution >= 0.6 is 0 Å². The quantitative estimate of drug-likeness (QED) is 0.752. The van der Waals surface area contributed by atoms with E-state index in [9.17, 15) is 9.90 Å². The van der Waals surface area contributed by atoms with Gasteiger partial charge in [-0.2, -0.15) is 0 Å². The third kappa shape index (κ3) is 2.09. The molecule has 16 heavy (non-hydrogen) atoms. The average Bonchev–Trinajstić information content (AvgIpc) is 2.30. The summed E-state index contributed by atoms with van der Waals surface area (Å²) in [6.45, 7) is 0. The molecule has 0 aromatic heterocycles. The first kappa shape index (κ1) is 11.1. The number of benzene rings is 1. The van der Waals surface area contributed by atoms with Crippen molar-refractivity contribution < 1.29 is 15.0 Å². The summed E-state index contributed by atoms with van der Waals surface area (Å²) in [5.74, 6) is -0.0839. The molecule has 0 heterocycles. The predicted molar refractivity (Wildman–Crippen MR) is 60.5 cm³/mol. The molecule has 3 nitrogen and oxygen atoms in total. The second-order valence-corrected chi connectivity index (χ2v) is 4.47. The Kier molecular flexibility index (Phi) is 2.97. The van der Waals surface area contributed by atoms with E-state index >= 15 is 0 Å². The number of rotatable bonds is 2. The lowest BCUT2D eigenvalue weighted by molar-refractivity contribution is 0.0116. The zero-order valence-electron chi connectivity index (χ0n) is 9.15. The number of ketones is 1. The summed E-state index contributed by atoms with van der Waals surface area (Å²) < 4.78 is 0. The smallest absolute Gasteiger partial charge is 0.194 e. The van der Waals surface area contributed by atoms with Crippen LogP contribution in [0.1, 0.15) is 42.5 Å². The van der Waals surface area contributed by atoms with E-state index < -0.39 is 5.60 Å². The Morgan fingerprint density at radius 1 is 1.06 bits per heavy atom. The molecule has 2 rings (SSSR count). The fourth-order valence-electron chi connectivity index (χ4n) is 2.25. The fraction of sp³-hybridized carbons (Fsp3) is 0.462. The van der Waals surface area contributed by atoms with Crippen molar-refractivity contribution in [2.75, 3.05) is 0 Å². The lowest BCUT2D eigenvalue weighted by Gasteiger charge is -2.30. The highest BCUT2D eigenvalue weighted by Gasteiger charge is 2.37. The Morgan fingerprint density at radius 2 is 1.62 bits per heavy atom. The van der Waals surface area contributed by atoms with Crippen LogP contribution in [0.3, 0.4) is 0 Å². The van der Waals surface area contributed by atoms with E-state index in [0.29, 0.717) is 18.4 Å². The summed E-state index contributed by atoms with van der Waals surface area (Å²) in [5.41, 5.74) is -0.711. The van der Waals surface area contributed by atoms with Crippen LogP contribution in [-0.2, 0) is 0 Å². The molecule has 86 valence electrons. The molecule has 1 aliphatic carbocycles. The molecule has 0 unspecified atom stereocenters. The minimum atomic E-state index is -1.19. The number of carbonyl (C=O) groups excluding carboxylic acids is 1. The highest BCUT2D eigenvalue weighted by molar-refractivity contribution is 6.02. The van der Waals surface area contributed by atoms with Crippen LogP contribution in [0.25, 0.3) is 0 Å². The largest absolute Gasteiger partial charge is 0.508 e. The highest BCUT2D eigenvalue weighted by Crippen LogP contribution is 2.31. The predicted octanol–water partition coefficient (Wildman–Crippen LogP) is 2.27. The molecule has 0 bridgehead atoms. The first-order valence-corrected chi connectivity index (χ1v) is 5.68. The van der Waals surface area contributed by atoms with Gasteiger partial charge in [0.2, 0.25) is 0 Å². The van der Waals surface area contributed by atoms with Crippen molar-refractivity contribution in [3.63, 3.8) is 0 Å². The van der Waals surface area contributed by atoms with Crippen molar-refractivity contribution in [2.45, 2.75) is 37.7 Å². The summed E-state index contributed by atoms with van der Waals surface area (Å²) in [5, 5.41) is 19.4. The van der Waals surface area contributed by atoms with Gasteiger partial charge in [0.25, 0.3) is 0 Å². The van der Waals surface area contributed by atoms with Crippen LogP contribution in [0.15, 0.2) is 24.3 Å². The number of phenolic OH excluding ortho intramolecular Hbond substituents is 1. The van der Waals surface area contributed by atoms with Gasteiger partial charge >= 0.3 is 0 Å². The number of aromatic hydroxyl groups is 1. The number of carbonyl (C=O) groups is 1. The molecule has 3 heteroatoms. The van der Waals surface area contributed by atoms with Crippen molar-refractivity contribution in [1.29, 1.82) is 0 Å². The van der Waals surface area contributed by atoms with E-state index in [1.807, 2.05) is 0 Å². The van der Waals surface area contributed by atoms with Gasteiger partial charge in [0.05, 0.1) is 0 Å². The molecular formula is C13H16O3. The number of phenols is 1. The van der Waals surface area contributed by atoms with Crippen molar-refractivity contribution in [1.82, 2.24) is 0 Å². The molecular weight excluding hydrogens is 204 g/mol. The maximum atomic E-state index is 12.1. The first-order valence-electron chi connectivity index (χ1n) is 5.68. The van der Waals surface area contributed by atoms with Gasteiger partial charge in [-0.3, -0.25) is 4.79 Å². The maximum Gasteiger partial charge on any atom is 0.194 e. The second kappa shape index (κ2) is 4.26. The fourth-order valence-corrected chi connectivity index (χ4v) is 2.25. The minimum Gasteiger partial charge on any atom is -0.508 e. The Labute approximate surface area is 94.7 Å². The maximum absolute atomic E-state index is 12.1. The molecule has 0 aliphatic heterocycles. The topological polar surface area (TPSA) is 57.5 Å². The lowest BCUT2D eigenvalue weighted by Crippen LogP contribution is -2.40. The highest BCUT2D eigenvalue weighted by atomic mass is 16.3. The van der Waals surface area contributed by atoms with Gasteiger partial charge in [-0.1, -0.05) is 19.3 Å². The van der Waals surface area contributed by atoms with Crippen LogP contribution < -0.4 is 0 Å². The summed E-state index contributed by atoms with van der Waals surface area (Å²) >= 11 is 0. The van der Waals surface area contributed by atoms with Crippen molar-refractivity contribution in [3.05, 3.63) is 29.8 Å². The van der Waals surface area contributed by atoms with Crippen LogP contribution in [0.5, 0.6) is 5.75 Å². The molecule has 0 radical (unpaired) electrons. The Bertz CT molecular complexity index is 375. The van der Waals surface area contributed by atoms with Gasteiger partial charge in [-0.15, -0.1) is 0 Å². The Balaban J connectivity index is 2.20. The van der Waals surface area contributed by atoms with Gasteiger partial charge in [0.1, 0.15) is 11.4 Å². The molecule has 0 spiro atoms. The zero-order valence-corrected chi connectivity index (χ0v) is 9.15. The zero-order chi connectivity index (χ0) is 11.6.